The molecule has 0 unspecified atom stereocenters. The number of hydrogen-bond acceptors (Lipinski definition) is 4. The van der Waals surface area contributed by atoms with Crippen LogP contribution >= 0.6 is 0 Å². The second kappa shape index (κ2) is 5.84. The van der Waals surface area contributed by atoms with E-state index in [0.717, 1.165) is 37.4 Å². The minimum atomic E-state index is 0.0140. The highest BCUT2D eigenvalue weighted by molar-refractivity contribution is 5.92. The van der Waals surface area contributed by atoms with Crippen molar-refractivity contribution in [3.05, 3.63) is 23.8 Å². The highest BCUT2D eigenvalue weighted by Gasteiger charge is 2.13. The molecule has 1 amide bonds. The average molecular weight is 248 g/mol. The summed E-state index contributed by atoms with van der Waals surface area (Å²) >= 11 is 0. The fourth-order valence-corrected chi connectivity index (χ4v) is 1.99. The van der Waals surface area contributed by atoms with Crippen molar-refractivity contribution in [2.75, 3.05) is 43.8 Å². The quantitative estimate of drug-likeness (QED) is 0.678. The number of amides is 1. The predicted molar refractivity (Wildman–Crippen MR) is 73.5 cm³/mol. The van der Waals surface area contributed by atoms with Crippen LogP contribution in [0, 0.1) is 6.92 Å². The Morgan fingerprint density at radius 2 is 2.17 bits per heavy atom. The summed E-state index contributed by atoms with van der Waals surface area (Å²) in [5, 5.41) is 6.14. The van der Waals surface area contributed by atoms with Crippen LogP contribution < -0.4 is 16.4 Å². The number of nitrogens with zero attached hydrogens (tertiary/aromatic N) is 1. The third-order valence-electron chi connectivity index (χ3n) is 3.14. The van der Waals surface area contributed by atoms with E-state index in [1.165, 1.54) is 0 Å². The Morgan fingerprint density at radius 3 is 2.83 bits per heavy atom. The molecule has 1 aromatic rings. The lowest BCUT2D eigenvalue weighted by Crippen LogP contribution is -2.46. The molecule has 4 N–H and O–H groups in total. The van der Waals surface area contributed by atoms with E-state index in [9.17, 15) is 4.79 Å². The largest absolute Gasteiger partial charge is 0.398 e. The Morgan fingerprint density at radius 1 is 1.44 bits per heavy atom. The number of piperazine rings is 1. The maximum Gasteiger partial charge on any atom is 0.238 e. The van der Waals surface area contributed by atoms with E-state index in [4.69, 9.17) is 5.73 Å². The van der Waals surface area contributed by atoms with Crippen LogP contribution in [0.25, 0.3) is 0 Å². The summed E-state index contributed by atoms with van der Waals surface area (Å²) in [6.45, 7) is 6.12. The predicted octanol–water partition coefficient (Wildman–Crippen LogP) is 0.421. The Hall–Kier alpha value is -1.59. The number of nitrogens with one attached hydrogen (secondary N) is 2. The van der Waals surface area contributed by atoms with Crippen LogP contribution in [0.5, 0.6) is 0 Å². The molecule has 0 saturated carbocycles. The number of nitrogen functional groups attached to an aromatic ring is 1. The SMILES string of the molecule is Cc1ccc(NC(=O)CN2CCNCC2)cc1N. The molecule has 0 aromatic heterocycles. The highest BCUT2D eigenvalue weighted by Crippen LogP contribution is 2.16. The van der Waals surface area contributed by atoms with Gasteiger partial charge in [0.05, 0.1) is 6.54 Å². The summed E-state index contributed by atoms with van der Waals surface area (Å²) in [5.41, 5.74) is 8.30. The number of carbonyl (C=O) groups is 1. The van der Waals surface area contributed by atoms with Gasteiger partial charge in [-0.3, -0.25) is 9.69 Å². The van der Waals surface area contributed by atoms with Gasteiger partial charge in [0.1, 0.15) is 0 Å². The number of nitrogens with two attached hydrogens (primary N) is 1. The van der Waals surface area contributed by atoms with E-state index in [-0.39, 0.29) is 5.91 Å². The van der Waals surface area contributed by atoms with Gasteiger partial charge in [0.2, 0.25) is 5.91 Å². The number of benzene rings is 1. The fraction of sp³-hybridized carbons (Fsp3) is 0.462. The van der Waals surface area contributed by atoms with Gasteiger partial charge in [0.15, 0.2) is 0 Å². The zero-order valence-corrected chi connectivity index (χ0v) is 10.7. The molecule has 2 rings (SSSR count). The lowest BCUT2D eigenvalue weighted by Gasteiger charge is -2.26. The molecule has 0 spiro atoms. The maximum absolute atomic E-state index is 11.9. The van der Waals surface area contributed by atoms with Crippen molar-refractivity contribution in [3.8, 4) is 0 Å². The molecule has 1 aromatic carbocycles. The number of hydrogen-bond donors (Lipinski definition) is 3. The molecule has 0 bridgehead atoms. The summed E-state index contributed by atoms with van der Waals surface area (Å²) in [7, 11) is 0. The van der Waals surface area contributed by atoms with E-state index in [0.29, 0.717) is 12.2 Å². The summed E-state index contributed by atoms with van der Waals surface area (Å²) < 4.78 is 0. The van der Waals surface area contributed by atoms with Crippen molar-refractivity contribution >= 4 is 17.3 Å². The topological polar surface area (TPSA) is 70.4 Å². The normalized spacial score (nSPS) is 16.5. The molecule has 5 nitrogen and oxygen atoms in total. The van der Waals surface area contributed by atoms with Crippen molar-refractivity contribution in [1.82, 2.24) is 10.2 Å². The molecule has 1 fully saturated rings. The molecule has 0 aliphatic carbocycles. The van der Waals surface area contributed by atoms with Crippen LogP contribution in [-0.2, 0) is 4.79 Å². The van der Waals surface area contributed by atoms with Crippen molar-refractivity contribution in [1.29, 1.82) is 0 Å². The van der Waals surface area contributed by atoms with Gasteiger partial charge < -0.3 is 16.4 Å². The van der Waals surface area contributed by atoms with E-state index < -0.39 is 0 Å². The van der Waals surface area contributed by atoms with Crippen molar-refractivity contribution in [2.45, 2.75) is 6.92 Å². The van der Waals surface area contributed by atoms with Crippen LogP contribution in [0.4, 0.5) is 11.4 Å². The summed E-state index contributed by atoms with van der Waals surface area (Å²) in [5.74, 6) is 0.0140. The first-order valence-electron chi connectivity index (χ1n) is 6.24. The number of anilines is 2. The molecule has 1 saturated heterocycles. The molecule has 5 heteroatoms. The van der Waals surface area contributed by atoms with Gasteiger partial charge in [0, 0.05) is 37.6 Å². The Kier molecular flexibility index (Phi) is 4.17. The molecule has 0 radical (unpaired) electrons. The zero-order chi connectivity index (χ0) is 13.0. The minimum Gasteiger partial charge on any atom is -0.398 e. The monoisotopic (exact) mass is 248 g/mol. The fourth-order valence-electron chi connectivity index (χ4n) is 1.99. The summed E-state index contributed by atoms with van der Waals surface area (Å²) in [6, 6.07) is 5.59. The van der Waals surface area contributed by atoms with Crippen LogP contribution in [0.3, 0.4) is 0 Å². The molecule has 18 heavy (non-hydrogen) atoms. The van der Waals surface area contributed by atoms with Gasteiger partial charge in [-0.15, -0.1) is 0 Å². The van der Waals surface area contributed by atoms with Gasteiger partial charge in [0.25, 0.3) is 0 Å². The van der Waals surface area contributed by atoms with E-state index in [2.05, 4.69) is 15.5 Å². The van der Waals surface area contributed by atoms with Gasteiger partial charge in [-0.25, -0.2) is 0 Å². The van der Waals surface area contributed by atoms with Gasteiger partial charge in [-0.05, 0) is 24.6 Å². The molecule has 0 atom stereocenters. The first kappa shape index (κ1) is 12.9. The molecular formula is C13H20N4O. The Labute approximate surface area is 107 Å². The second-order valence-corrected chi connectivity index (χ2v) is 4.65. The van der Waals surface area contributed by atoms with Crippen LogP contribution in [0.15, 0.2) is 18.2 Å². The first-order valence-corrected chi connectivity index (χ1v) is 6.24. The van der Waals surface area contributed by atoms with E-state index in [1.54, 1.807) is 6.07 Å². The van der Waals surface area contributed by atoms with Gasteiger partial charge in [-0.2, -0.15) is 0 Å². The third kappa shape index (κ3) is 3.45. The average Bonchev–Trinajstić information content (AvgIpc) is 2.35. The van der Waals surface area contributed by atoms with Crippen molar-refractivity contribution in [3.63, 3.8) is 0 Å². The van der Waals surface area contributed by atoms with Gasteiger partial charge in [-0.1, -0.05) is 6.07 Å². The lowest BCUT2D eigenvalue weighted by atomic mass is 10.2. The van der Waals surface area contributed by atoms with E-state index >= 15 is 0 Å². The summed E-state index contributed by atoms with van der Waals surface area (Å²) in [4.78, 5) is 14.0. The standard InChI is InChI=1S/C13H20N4O/c1-10-2-3-11(8-12(10)14)16-13(18)9-17-6-4-15-5-7-17/h2-3,8,15H,4-7,9,14H2,1H3,(H,16,18). The summed E-state index contributed by atoms with van der Waals surface area (Å²) in [6.07, 6.45) is 0. The second-order valence-electron chi connectivity index (χ2n) is 4.65. The first-order chi connectivity index (χ1) is 8.65. The van der Waals surface area contributed by atoms with Crippen LogP contribution in [0.2, 0.25) is 0 Å². The number of carbonyl (C=O) groups excluding carboxylic acids is 1. The van der Waals surface area contributed by atoms with Crippen LogP contribution in [0.1, 0.15) is 5.56 Å². The zero-order valence-electron chi connectivity index (χ0n) is 10.7. The smallest absolute Gasteiger partial charge is 0.238 e. The number of rotatable bonds is 3. The van der Waals surface area contributed by atoms with E-state index in [1.807, 2.05) is 19.1 Å². The Bertz CT molecular complexity index is 427. The molecule has 98 valence electrons. The number of aryl methyl sites for hydroxylation is 1. The third-order valence-corrected chi connectivity index (χ3v) is 3.14. The molecular weight excluding hydrogens is 228 g/mol. The highest BCUT2D eigenvalue weighted by atomic mass is 16.2. The molecule has 1 aliphatic heterocycles. The Balaban J connectivity index is 1.88. The van der Waals surface area contributed by atoms with Gasteiger partial charge >= 0.3 is 0 Å². The van der Waals surface area contributed by atoms with Crippen molar-refractivity contribution in [2.24, 2.45) is 0 Å². The lowest BCUT2D eigenvalue weighted by molar-refractivity contribution is -0.117. The van der Waals surface area contributed by atoms with Crippen LogP contribution in [-0.4, -0.2) is 43.5 Å². The maximum atomic E-state index is 11.9. The van der Waals surface area contributed by atoms with Crippen molar-refractivity contribution < 1.29 is 4.79 Å². The minimum absolute atomic E-state index is 0.0140. The molecule has 1 aliphatic rings. The molecule has 1 heterocycles.